The van der Waals surface area contributed by atoms with Crippen LogP contribution in [0.25, 0.3) is 0 Å². The van der Waals surface area contributed by atoms with Crippen LogP contribution in [-0.4, -0.2) is 35.6 Å². The van der Waals surface area contributed by atoms with Crippen molar-refractivity contribution >= 4 is 0 Å². The number of pyridine rings is 1. The van der Waals surface area contributed by atoms with Crippen LogP contribution >= 0.6 is 0 Å². The van der Waals surface area contributed by atoms with Crippen LogP contribution in [0.5, 0.6) is 0 Å². The molecule has 4 heteroatoms. The highest BCUT2D eigenvalue weighted by Gasteiger charge is 2.22. The maximum absolute atomic E-state index is 13.2. The van der Waals surface area contributed by atoms with Crippen LogP contribution in [-0.2, 0) is 6.54 Å². The Morgan fingerprint density at radius 3 is 3.00 bits per heavy atom. The Balaban J connectivity index is 1.89. The molecule has 0 aliphatic carbocycles. The summed E-state index contributed by atoms with van der Waals surface area (Å²) >= 11 is 0. The summed E-state index contributed by atoms with van der Waals surface area (Å²) in [4.78, 5) is 6.41. The standard InChI is InChI=1S/C16H26FN3/c1-13(2)8-18-11-16-5-3-4-6-20(16)12-14-7-15(17)10-19-9-14/h7,9-10,13,16,18H,3-6,8,11-12H2,1-2H3. The Bertz CT molecular complexity index is 408. The topological polar surface area (TPSA) is 28.2 Å². The molecule has 3 nitrogen and oxygen atoms in total. The first kappa shape index (κ1) is 15.4. The van der Waals surface area contributed by atoms with Crippen LogP contribution in [0.15, 0.2) is 18.5 Å². The van der Waals surface area contributed by atoms with Crippen LogP contribution in [0.3, 0.4) is 0 Å². The average molecular weight is 279 g/mol. The van der Waals surface area contributed by atoms with Crippen molar-refractivity contribution in [1.82, 2.24) is 15.2 Å². The molecule has 1 aromatic heterocycles. The molecule has 1 saturated heterocycles. The number of halogens is 1. The van der Waals surface area contributed by atoms with Gasteiger partial charge in [0.05, 0.1) is 6.20 Å². The number of piperidine rings is 1. The normalized spacial score (nSPS) is 20.5. The van der Waals surface area contributed by atoms with Crippen LogP contribution < -0.4 is 5.32 Å². The summed E-state index contributed by atoms with van der Waals surface area (Å²) in [7, 11) is 0. The fourth-order valence-electron chi connectivity index (χ4n) is 2.81. The molecule has 1 aliphatic rings. The SMILES string of the molecule is CC(C)CNCC1CCCCN1Cc1cncc(F)c1. The molecule has 1 aromatic rings. The minimum absolute atomic E-state index is 0.242. The van der Waals surface area contributed by atoms with Gasteiger partial charge in [-0.3, -0.25) is 9.88 Å². The van der Waals surface area contributed by atoms with Gasteiger partial charge in [0, 0.05) is 25.3 Å². The predicted octanol–water partition coefficient (Wildman–Crippen LogP) is 2.82. The maximum Gasteiger partial charge on any atom is 0.141 e. The fraction of sp³-hybridized carbons (Fsp3) is 0.688. The second kappa shape index (κ2) is 7.70. The molecule has 0 bridgehead atoms. The molecule has 1 fully saturated rings. The summed E-state index contributed by atoms with van der Waals surface area (Å²) in [6.45, 7) is 8.45. The second-order valence-electron chi connectivity index (χ2n) is 6.18. The Morgan fingerprint density at radius 1 is 1.40 bits per heavy atom. The van der Waals surface area contributed by atoms with E-state index in [2.05, 4.69) is 29.0 Å². The van der Waals surface area contributed by atoms with Gasteiger partial charge in [0.15, 0.2) is 0 Å². The van der Waals surface area contributed by atoms with Gasteiger partial charge in [-0.1, -0.05) is 20.3 Å². The van der Waals surface area contributed by atoms with Gasteiger partial charge in [-0.25, -0.2) is 4.39 Å². The van der Waals surface area contributed by atoms with E-state index in [1.165, 1.54) is 25.5 Å². The summed E-state index contributed by atoms with van der Waals surface area (Å²) in [5.74, 6) is 0.438. The van der Waals surface area contributed by atoms with Gasteiger partial charge in [-0.2, -0.15) is 0 Å². The smallest absolute Gasteiger partial charge is 0.141 e. The Hall–Kier alpha value is -1.00. The lowest BCUT2D eigenvalue weighted by Crippen LogP contribution is -2.45. The first-order valence-corrected chi connectivity index (χ1v) is 7.69. The Labute approximate surface area is 121 Å². The molecule has 1 N–H and O–H groups in total. The molecule has 1 atom stereocenters. The largest absolute Gasteiger partial charge is 0.315 e. The van der Waals surface area contributed by atoms with Crippen LogP contribution in [0.1, 0.15) is 38.7 Å². The van der Waals surface area contributed by atoms with E-state index in [9.17, 15) is 4.39 Å². The van der Waals surface area contributed by atoms with Gasteiger partial charge < -0.3 is 5.32 Å². The van der Waals surface area contributed by atoms with E-state index in [0.717, 1.165) is 31.7 Å². The molecule has 2 heterocycles. The lowest BCUT2D eigenvalue weighted by atomic mass is 10.0. The zero-order chi connectivity index (χ0) is 14.4. The van der Waals surface area contributed by atoms with E-state index in [0.29, 0.717) is 12.0 Å². The highest BCUT2D eigenvalue weighted by Crippen LogP contribution is 2.19. The number of nitrogens with one attached hydrogen (secondary N) is 1. The average Bonchev–Trinajstić information content (AvgIpc) is 2.40. The molecule has 0 spiro atoms. The lowest BCUT2D eigenvalue weighted by molar-refractivity contribution is 0.136. The van der Waals surface area contributed by atoms with Crippen molar-refractivity contribution in [3.05, 3.63) is 29.8 Å². The van der Waals surface area contributed by atoms with Crippen molar-refractivity contribution in [2.45, 2.75) is 45.7 Å². The van der Waals surface area contributed by atoms with Gasteiger partial charge in [0.25, 0.3) is 0 Å². The van der Waals surface area contributed by atoms with Crippen molar-refractivity contribution < 1.29 is 4.39 Å². The summed E-state index contributed by atoms with van der Waals surface area (Å²) in [5, 5.41) is 3.55. The lowest BCUT2D eigenvalue weighted by Gasteiger charge is -2.36. The molecule has 20 heavy (non-hydrogen) atoms. The van der Waals surface area contributed by atoms with Crippen LogP contribution in [0, 0.1) is 11.7 Å². The fourth-order valence-corrected chi connectivity index (χ4v) is 2.81. The molecule has 112 valence electrons. The van der Waals surface area contributed by atoms with E-state index in [-0.39, 0.29) is 5.82 Å². The number of hydrogen-bond acceptors (Lipinski definition) is 3. The second-order valence-corrected chi connectivity index (χ2v) is 6.18. The molecule has 0 amide bonds. The molecular formula is C16H26FN3. The first-order valence-electron chi connectivity index (χ1n) is 7.69. The molecule has 0 saturated carbocycles. The summed E-state index contributed by atoms with van der Waals surface area (Å²) < 4.78 is 13.2. The molecular weight excluding hydrogens is 253 g/mol. The van der Waals surface area contributed by atoms with Crippen molar-refractivity contribution in [2.75, 3.05) is 19.6 Å². The van der Waals surface area contributed by atoms with Crippen molar-refractivity contribution in [2.24, 2.45) is 5.92 Å². The van der Waals surface area contributed by atoms with E-state index in [1.807, 2.05) is 0 Å². The van der Waals surface area contributed by atoms with Crippen LogP contribution in [0.2, 0.25) is 0 Å². The quantitative estimate of drug-likeness (QED) is 0.868. The summed E-state index contributed by atoms with van der Waals surface area (Å²) in [5.41, 5.74) is 0.973. The Kier molecular flexibility index (Phi) is 5.92. The number of aromatic nitrogens is 1. The van der Waals surface area contributed by atoms with Gasteiger partial charge in [-0.05, 0) is 43.5 Å². The van der Waals surface area contributed by atoms with Gasteiger partial charge in [-0.15, -0.1) is 0 Å². The first-order chi connectivity index (χ1) is 9.65. The van der Waals surface area contributed by atoms with Crippen LogP contribution in [0.4, 0.5) is 4.39 Å². The predicted molar refractivity (Wildman–Crippen MR) is 80.0 cm³/mol. The zero-order valence-corrected chi connectivity index (χ0v) is 12.6. The molecule has 1 aliphatic heterocycles. The van der Waals surface area contributed by atoms with Crippen molar-refractivity contribution in [1.29, 1.82) is 0 Å². The van der Waals surface area contributed by atoms with Crippen molar-refractivity contribution in [3.63, 3.8) is 0 Å². The van der Waals surface area contributed by atoms with E-state index in [4.69, 9.17) is 0 Å². The molecule has 0 aromatic carbocycles. The van der Waals surface area contributed by atoms with Gasteiger partial charge in [0.1, 0.15) is 5.82 Å². The highest BCUT2D eigenvalue weighted by atomic mass is 19.1. The monoisotopic (exact) mass is 279 g/mol. The van der Waals surface area contributed by atoms with Gasteiger partial charge in [0.2, 0.25) is 0 Å². The Morgan fingerprint density at radius 2 is 2.25 bits per heavy atom. The number of rotatable bonds is 6. The molecule has 1 unspecified atom stereocenters. The zero-order valence-electron chi connectivity index (χ0n) is 12.6. The van der Waals surface area contributed by atoms with E-state index >= 15 is 0 Å². The number of likely N-dealkylation sites (tertiary alicyclic amines) is 1. The van der Waals surface area contributed by atoms with Gasteiger partial charge >= 0.3 is 0 Å². The van der Waals surface area contributed by atoms with E-state index < -0.39 is 0 Å². The third-order valence-corrected chi connectivity index (χ3v) is 3.83. The third kappa shape index (κ3) is 4.84. The molecule has 0 radical (unpaired) electrons. The number of hydrogen-bond donors (Lipinski definition) is 1. The maximum atomic E-state index is 13.2. The highest BCUT2D eigenvalue weighted by molar-refractivity contribution is 5.10. The summed E-state index contributed by atoms with van der Waals surface area (Å²) in [6, 6.07) is 2.16. The minimum Gasteiger partial charge on any atom is -0.315 e. The summed E-state index contributed by atoms with van der Waals surface area (Å²) in [6.07, 6.45) is 6.81. The number of nitrogens with zero attached hydrogens (tertiary/aromatic N) is 2. The van der Waals surface area contributed by atoms with E-state index in [1.54, 1.807) is 12.3 Å². The molecule has 2 rings (SSSR count). The minimum atomic E-state index is -0.242. The van der Waals surface area contributed by atoms with Crippen molar-refractivity contribution in [3.8, 4) is 0 Å². The third-order valence-electron chi connectivity index (χ3n) is 3.83.